The minimum atomic E-state index is -0.00120. The molecule has 15 heavy (non-hydrogen) atoms. The standard InChI is InChI=1S/C12H14N2O/c1-6-7(2)11-13-9(4)8(3)12(15)14(11)10(6)5/h5H2,1-4H3. The molecule has 0 amide bonds. The first-order chi connectivity index (χ1) is 6.95. The number of hydrogen-bond acceptors (Lipinski definition) is 2. The van der Waals surface area contributed by atoms with Gasteiger partial charge in [0.25, 0.3) is 5.56 Å². The molecule has 0 fully saturated rings. The molecule has 0 aliphatic heterocycles. The van der Waals surface area contributed by atoms with Crippen molar-refractivity contribution in [2.45, 2.75) is 27.7 Å². The lowest BCUT2D eigenvalue weighted by molar-refractivity contribution is 0.975. The molecular weight excluding hydrogens is 188 g/mol. The van der Waals surface area contributed by atoms with Crippen molar-refractivity contribution in [3.63, 3.8) is 0 Å². The van der Waals surface area contributed by atoms with Crippen LogP contribution in [0.4, 0.5) is 0 Å². The SMILES string of the molecule is C=c1c(C)c(C)c2nc(C)c(C)c(=O)n12. The monoisotopic (exact) mass is 202 g/mol. The van der Waals surface area contributed by atoms with Crippen LogP contribution in [0.5, 0.6) is 0 Å². The Morgan fingerprint density at radius 2 is 1.67 bits per heavy atom. The van der Waals surface area contributed by atoms with Crippen molar-refractivity contribution in [2.75, 3.05) is 0 Å². The lowest BCUT2D eigenvalue weighted by Crippen LogP contribution is -2.26. The second-order valence-corrected chi connectivity index (χ2v) is 3.98. The maximum atomic E-state index is 12.0. The van der Waals surface area contributed by atoms with Crippen molar-refractivity contribution >= 4 is 12.2 Å². The number of aromatic nitrogens is 2. The Morgan fingerprint density at radius 3 is 2.27 bits per heavy atom. The van der Waals surface area contributed by atoms with Crippen LogP contribution in [0.1, 0.15) is 22.4 Å². The van der Waals surface area contributed by atoms with Crippen LogP contribution >= 0.6 is 0 Å². The highest BCUT2D eigenvalue weighted by Gasteiger charge is 2.12. The molecule has 2 rings (SSSR count). The minimum Gasteiger partial charge on any atom is -0.269 e. The maximum Gasteiger partial charge on any atom is 0.261 e. The van der Waals surface area contributed by atoms with Crippen molar-refractivity contribution in [1.29, 1.82) is 0 Å². The van der Waals surface area contributed by atoms with E-state index < -0.39 is 0 Å². The predicted octanol–water partition coefficient (Wildman–Crippen LogP) is 1.06. The van der Waals surface area contributed by atoms with Gasteiger partial charge < -0.3 is 0 Å². The van der Waals surface area contributed by atoms with Crippen LogP contribution in [0, 0.1) is 27.7 Å². The molecule has 0 atom stereocenters. The number of hydrogen-bond donors (Lipinski definition) is 0. The van der Waals surface area contributed by atoms with E-state index in [0.717, 1.165) is 27.8 Å². The molecule has 3 nitrogen and oxygen atoms in total. The molecular formula is C12H14N2O. The normalized spacial score (nSPS) is 11.2. The highest BCUT2D eigenvalue weighted by molar-refractivity contribution is 5.54. The van der Waals surface area contributed by atoms with Crippen molar-refractivity contribution in [3.8, 4) is 0 Å². The largest absolute Gasteiger partial charge is 0.269 e. The smallest absolute Gasteiger partial charge is 0.261 e. The van der Waals surface area contributed by atoms with E-state index in [1.807, 2.05) is 20.8 Å². The highest BCUT2D eigenvalue weighted by Crippen LogP contribution is 2.09. The maximum absolute atomic E-state index is 12.0. The fraction of sp³-hybridized carbons (Fsp3) is 0.333. The summed E-state index contributed by atoms with van der Waals surface area (Å²) in [5.74, 6) is 0. The van der Waals surface area contributed by atoms with Crippen LogP contribution in [-0.4, -0.2) is 9.38 Å². The van der Waals surface area contributed by atoms with Crippen LogP contribution < -0.4 is 10.9 Å². The summed E-state index contributed by atoms with van der Waals surface area (Å²) in [6, 6.07) is 0. The Labute approximate surface area is 88.1 Å². The molecule has 0 N–H and O–H groups in total. The van der Waals surface area contributed by atoms with Gasteiger partial charge in [-0.2, -0.15) is 0 Å². The Bertz CT molecular complexity index is 653. The highest BCUT2D eigenvalue weighted by atomic mass is 16.1. The Hall–Kier alpha value is -1.64. The summed E-state index contributed by atoms with van der Waals surface area (Å²) in [5, 5.41) is 0.753. The third kappa shape index (κ3) is 1.12. The second kappa shape index (κ2) is 2.92. The molecule has 0 aliphatic rings. The summed E-state index contributed by atoms with van der Waals surface area (Å²) >= 11 is 0. The summed E-state index contributed by atoms with van der Waals surface area (Å²) < 4.78 is 1.60. The van der Waals surface area contributed by atoms with Gasteiger partial charge in [-0.3, -0.25) is 9.20 Å². The third-order valence-corrected chi connectivity index (χ3v) is 3.15. The van der Waals surface area contributed by atoms with Crippen LogP contribution in [0.25, 0.3) is 12.2 Å². The van der Waals surface area contributed by atoms with Crippen molar-refractivity contribution in [2.24, 2.45) is 0 Å². The fourth-order valence-corrected chi connectivity index (χ4v) is 1.77. The molecule has 0 aromatic carbocycles. The first-order valence-electron chi connectivity index (χ1n) is 4.93. The van der Waals surface area contributed by atoms with Gasteiger partial charge in [0.2, 0.25) is 0 Å². The molecule has 3 heteroatoms. The quantitative estimate of drug-likeness (QED) is 0.640. The summed E-state index contributed by atoms with van der Waals surface area (Å²) in [7, 11) is 0. The van der Waals surface area contributed by atoms with Crippen LogP contribution in [-0.2, 0) is 0 Å². The molecule has 0 radical (unpaired) electrons. The van der Waals surface area contributed by atoms with Crippen molar-refractivity contribution in [1.82, 2.24) is 9.38 Å². The van der Waals surface area contributed by atoms with E-state index in [0.29, 0.717) is 5.56 Å². The molecule has 0 bridgehead atoms. The summed E-state index contributed by atoms with van der Waals surface area (Å²) in [4.78, 5) is 16.5. The molecule has 2 heterocycles. The average Bonchev–Trinajstić information content (AvgIpc) is 2.40. The van der Waals surface area contributed by atoms with Gasteiger partial charge in [0.05, 0.1) is 0 Å². The molecule has 2 aromatic rings. The lowest BCUT2D eigenvalue weighted by atomic mass is 10.2. The molecule has 78 valence electrons. The van der Waals surface area contributed by atoms with Gasteiger partial charge >= 0.3 is 0 Å². The van der Waals surface area contributed by atoms with Gasteiger partial charge in [-0.05, 0) is 38.8 Å². The minimum absolute atomic E-state index is 0.00120. The van der Waals surface area contributed by atoms with E-state index in [1.54, 1.807) is 11.3 Å². The number of aryl methyl sites for hydroxylation is 2. The van der Waals surface area contributed by atoms with Crippen molar-refractivity contribution < 1.29 is 0 Å². The molecule has 0 aliphatic carbocycles. The second-order valence-electron chi connectivity index (χ2n) is 3.98. The zero-order valence-corrected chi connectivity index (χ0v) is 9.51. The number of rotatable bonds is 0. The Morgan fingerprint density at radius 1 is 1.07 bits per heavy atom. The summed E-state index contributed by atoms with van der Waals surface area (Å²) in [6.07, 6.45) is 0. The number of fused-ring (bicyclic) bond motifs is 1. The van der Waals surface area contributed by atoms with Gasteiger partial charge in [0, 0.05) is 16.6 Å². The summed E-state index contributed by atoms with van der Waals surface area (Å²) in [5.41, 5.74) is 4.32. The zero-order valence-electron chi connectivity index (χ0n) is 9.51. The van der Waals surface area contributed by atoms with Gasteiger partial charge in [0.1, 0.15) is 5.65 Å². The van der Waals surface area contributed by atoms with Crippen molar-refractivity contribution in [3.05, 3.63) is 38.1 Å². The first kappa shape index (κ1) is 9.90. The third-order valence-electron chi connectivity index (χ3n) is 3.15. The van der Waals surface area contributed by atoms with Crippen LogP contribution in [0.2, 0.25) is 0 Å². The van der Waals surface area contributed by atoms with E-state index in [2.05, 4.69) is 11.6 Å². The predicted molar refractivity (Wildman–Crippen MR) is 61.2 cm³/mol. The van der Waals surface area contributed by atoms with E-state index in [1.165, 1.54) is 0 Å². The first-order valence-corrected chi connectivity index (χ1v) is 4.93. The molecule has 0 unspecified atom stereocenters. The Kier molecular flexibility index (Phi) is 1.93. The molecule has 0 saturated carbocycles. The van der Waals surface area contributed by atoms with E-state index in [4.69, 9.17) is 0 Å². The van der Waals surface area contributed by atoms with Gasteiger partial charge in [-0.1, -0.05) is 6.58 Å². The molecule has 0 saturated heterocycles. The zero-order chi connectivity index (χ0) is 11.3. The molecule has 0 spiro atoms. The van der Waals surface area contributed by atoms with Crippen LogP contribution in [0.15, 0.2) is 4.79 Å². The van der Waals surface area contributed by atoms with Crippen LogP contribution in [0.3, 0.4) is 0 Å². The lowest BCUT2D eigenvalue weighted by Gasteiger charge is -2.00. The summed E-state index contributed by atoms with van der Waals surface area (Å²) in [6.45, 7) is 11.5. The van der Waals surface area contributed by atoms with E-state index >= 15 is 0 Å². The number of nitrogens with zero attached hydrogens (tertiary/aromatic N) is 2. The Balaban J connectivity index is 3.21. The van der Waals surface area contributed by atoms with E-state index in [-0.39, 0.29) is 5.56 Å². The van der Waals surface area contributed by atoms with Gasteiger partial charge in [0.15, 0.2) is 0 Å². The molecule has 2 aromatic heterocycles. The van der Waals surface area contributed by atoms with Gasteiger partial charge in [-0.25, -0.2) is 4.98 Å². The fourth-order valence-electron chi connectivity index (χ4n) is 1.77. The van der Waals surface area contributed by atoms with E-state index in [9.17, 15) is 4.79 Å². The van der Waals surface area contributed by atoms with Gasteiger partial charge in [-0.15, -0.1) is 0 Å². The average molecular weight is 202 g/mol. The topological polar surface area (TPSA) is 34.4 Å².